The van der Waals surface area contributed by atoms with E-state index in [1.54, 1.807) is 0 Å². The van der Waals surface area contributed by atoms with E-state index >= 15 is 0 Å². The van der Waals surface area contributed by atoms with Gasteiger partial charge in [-0.05, 0) is 12.8 Å². The Morgan fingerprint density at radius 2 is 2.00 bits per heavy atom. The summed E-state index contributed by atoms with van der Waals surface area (Å²) in [5.74, 6) is -0.638. The lowest BCUT2D eigenvalue weighted by atomic mass is 10.1. The molecule has 0 aromatic rings. The number of ether oxygens (including phenoxy) is 1. The Hall–Kier alpha value is -0.940. The number of methoxy groups -OCH3 is 1. The zero-order valence-corrected chi connectivity index (χ0v) is 16.4. The van der Waals surface area contributed by atoms with Gasteiger partial charge in [-0.1, -0.05) is 6.42 Å². The molecule has 3 N–H and O–H groups in total. The first kappa shape index (κ1) is 24.1. The molecule has 1 aliphatic heterocycles. The van der Waals surface area contributed by atoms with Gasteiger partial charge >= 0.3 is 5.97 Å². The zero-order chi connectivity index (χ0) is 18.2. The molecule has 0 bridgehead atoms. The van der Waals surface area contributed by atoms with Crippen molar-refractivity contribution in [2.24, 2.45) is 5.73 Å². The molecular weight excluding hydrogens is 372 g/mol. The van der Waals surface area contributed by atoms with Gasteiger partial charge in [0.1, 0.15) is 0 Å². The molecule has 0 spiro atoms. The standard InChI is InChI=1S/C14H28N4O5S.ClH/c1-17(10-7-14(20)23-2)24(21,22)18-9-4-3-5-12(18)11-16-13(19)6-8-15;/h12H,3-11,15H2,1-2H3,(H,16,19);1H. The first-order chi connectivity index (χ1) is 11.3. The summed E-state index contributed by atoms with van der Waals surface area (Å²) >= 11 is 0. The molecule has 1 rings (SSSR count). The zero-order valence-electron chi connectivity index (χ0n) is 14.8. The van der Waals surface area contributed by atoms with Crippen LogP contribution in [0, 0.1) is 0 Å². The Morgan fingerprint density at radius 3 is 2.60 bits per heavy atom. The number of nitrogens with zero attached hydrogens (tertiary/aromatic N) is 2. The number of nitrogens with two attached hydrogens (primary N) is 1. The van der Waals surface area contributed by atoms with E-state index in [0.29, 0.717) is 13.0 Å². The van der Waals surface area contributed by atoms with Gasteiger partial charge in [-0.2, -0.15) is 17.0 Å². The maximum absolute atomic E-state index is 12.7. The molecule has 1 atom stereocenters. The predicted octanol–water partition coefficient (Wildman–Crippen LogP) is -0.533. The Kier molecular flexibility index (Phi) is 11.2. The molecule has 1 aliphatic rings. The van der Waals surface area contributed by atoms with Crippen LogP contribution < -0.4 is 11.1 Å². The molecule has 0 aromatic heterocycles. The van der Waals surface area contributed by atoms with Crippen LogP contribution in [-0.2, 0) is 24.5 Å². The van der Waals surface area contributed by atoms with Crippen molar-refractivity contribution in [1.29, 1.82) is 0 Å². The van der Waals surface area contributed by atoms with E-state index in [1.165, 1.54) is 18.5 Å². The fourth-order valence-corrected chi connectivity index (χ4v) is 4.17. The second kappa shape index (κ2) is 11.6. The van der Waals surface area contributed by atoms with Crippen molar-refractivity contribution in [2.45, 2.75) is 38.1 Å². The topological polar surface area (TPSA) is 122 Å². The number of piperidine rings is 1. The van der Waals surface area contributed by atoms with Crippen LogP contribution in [0.25, 0.3) is 0 Å². The second-order valence-corrected chi connectivity index (χ2v) is 7.75. The van der Waals surface area contributed by atoms with E-state index in [1.807, 2.05) is 0 Å². The Morgan fingerprint density at radius 1 is 1.32 bits per heavy atom. The monoisotopic (exact) mass is 400 g/mol. The van der Waals surface area contributed by atoms with Gasteiger partial charge in [0.2, 0.25) is 5.91 Å². The van der Waals surface area contributed by atoms with E-state index in [0.717, 1.165) is 17.1 Å². The minimum atomic E-state index is -3.69. The van der Waals surface area contributed by atoms with Gasteiger partial charge in [0.25, 0.3) is 10.2 Å². The third-order valence-electron chi connectivity index (χ3n) is 4.03. The molecule has 1 unspecified atom stereocenters. The van der Waals surface area contributed by atoms with Gasteiger partial charge in [0.05, 0.1) is 13.5 Å². The summed E-state index contributed by atoms with van der Waals surface area (Å²) in [5.41, 5.74) is 5.33. The molecule has 1 amide bonds. The summed E-state index contributed by atoms with van der Waals surface area (Å²) in [6, 6.07) is -0.286. The van der Waals surface area contributed by atoms with Crippen LogP contribution in [0.1, 0.15) is 32.1 Å². The lowest BCUT2D eigenvalue weighted by Gasteiger charge is -2.37. The van der Waals surface area contributed by atoms with E-state index < -0.39 is 16.2 Å². The number of halogens is 1. The molecule has 25 heavy (non-hydrogen) atoms. The molecule has 0 aliphatic carbocycles. The number of carbonyl (C=O) groups is 2. The minimum Gasteiger partial charge on any atom is -0.469 e. The van der Waals surface area contributed by atoms with Gasteiger partial charge < -0.3 is 15.8 Å². The van der Waals surface area contributed by atoms with Gasteiger partial charge in [0, 0.05) is 45.7 Å². The van der Waals surface area contributed by atoms with Gasteiger partial charge in [-0.15, -0.1) is 12.4 Å². The van der Waals surface area contributed by atoms with Crippen molar-refractivity contribution in [1.82, 2.24) is 13.9 Å². The number of hydrogen-bond acceptors (Lipinski definition) is 6. The molecule has 0 aromatic carbocycles. The van der Waals surface area contributed by atoms with Gasteiger partial charge in [-0.25, -0.2) is 0 Å². The molecule has 148 valence electrons. The van der Waals surface area contributed by atoms with Crippen LogP contribution in [0.4, 0.5) is 0 Å². The number of rotatable bonds is 9. The minimum absolute atomic E-state index is 0. The summed E-state index contributed by atoms with van der Waals surface area (Å²) in [7, 11) is -0.986. The average molecular weight is 401 g/mol. The number of hydrogen-bond donors (Lipinski definition) is 2. The fraction of sp³-hybridized carbons (Fsp3) is 0.857. The largest absolute Gasteiger partial charge is 0.469 e. The first-order valence-electron chi connectivity index (χ1n) is 8.09. The van der Waals surface area contributed by atoms with Crippen LogP contribution in [0.15, 0.2) is 0 Å². The van der Waals surface area contributed by atoms with Crippen LogP contribution in [0.5, 0.6) is 0 Å². The average Bonchev–Trinajstić information content (AvgIpc) is 2.57. The molecule has 1 heterocycles. The lowest BCUT2D eigenvalue weighted by molar-refractivity contribution is -0.140. The molecule has 0 radical (unpaired) electrons. The smallest absolute Gasteiger partial charge is 0.306 e. The molecule has 0 saturated carbocycles. The van der Waals surface area contributed by atoms with Crippen molar-refractivity contribution in [2.75, 3.05) is 40.3 Å². The van der Waals surface area contributed by atoms with Crippen LogP contribution in [0.2, 0.25) is 0 Å². The van der Waals surface area contributed by atoms with Crippen molar-refractivity contribution in [3.63, 3.8) is 0 Å². The number of esters is 1. The predicted molar refractivity (Wildman–Crippen MR) is 96.5 cm³/mol. The molecule has 1 fully saturated rings. The number of carbonyl (C=O) groups excluding carboxylic acids is 2. The van der Waals surface area contributed by atoms with Crippen molar-refractivity contribution in [3.8, 4) is 0 Å². The SMILES string of the molecule is COC(=O)CCN(C)S(=O)(=O)N1CCCCC1CNC(=O)CCN.Cl. The Balaban J connectivity index is 0.00000576. The molecule has 1 saturated heterocycles. The quantitative estimate of drug-likeness (QED) is 0.501. The second-order valence-electron chi connectivity index (χ2n) is 5.76. The van der Waals surface area contributed by atoms with Crippen molar-refractivity contribution >= 4 is 34.5 Å². The number of amides is 1. The highest BCUT2D eigenvalue weighted by atomic mass is 35.5. The summed E-state index contributed by atoms with van der Waals surface area (Å²) in [5, 5.41) is 2.74. The maximum atomic E-state index is 12.7. The molecular formula is C14H29ClN4O5S. The fourth-order valence-electron chi connectivity index (χ4n) is 2.58. The maximum Gasteiger partial charge on any atom is 0.306 e. The molecule has 9 nitrogen and oxygen atoms in total. The highest BCUT2D eigenvalue weighted by Gasteiger charge is 2.35. The van der Waals surface area contributed by atoms with Crippen molar-refractivity contribution < 1.29 is 22.7 Å². The summed E-state index contributed by atoms with van der Waals surface area (Å²) < 4.78 is 32.6. The highest BCUT2D eigenvalue weighted by molar-refractivity contribution is 7.86. The van der Waals surface area contributed by atoms with E-state index in [2.05, 4.69) is 10.1 Å². The molecule has 11 heteroatoms. The van der Waals surface area contributed by atoms with Crippen LogP contribution >= 0.6 is 12.4 Å². The Labute approximate surface area is 155 Å². The summed E-state index contributed by atoms with van der Waals surface area (Å²) in [4.78, 5) is 22.8. The van der Waals surface area contributed by atoms with Crippen molar-refractivity contribution in [3.05, 3.63) is 0 Å². The lowest BCUT2D eigenvalue weighted by Crippen LogP contribution is -2.53. The summed E-state index contributed by atoms with van der Waals surface area (Å²) in [6.07, 6.45) is 2.59. The van der Waals surface area contributed by atoms with Gasteiger partial charge in [0.15, 0.2) is 0 Å². The Bertz CT molecular complexity index is 531. The van der Waals surface area contributed by atoms with E-state index in [9.17, 15) is 18.0 Å². The van der Waals surface area contributed by atoms with E-state index in [4.69, 9.17) is 5.73 Å². The third kappa shape index (κ3) is 7.45. The van der Waals surface area contributed by atoms with E-state index in [-0.39, 0.29) is 56.8 Å². The first-order valence-corrected chi connectivity index (χ1v) is 9.49. The highest BCUT2D eigenvalue weighted by Crippen LogP contribution is 2.22. The van der Waals surface area contributed by atoms with Gasteiger partial charge in [-0.3, -0.25) is 9.59 Å². The van der Waals surface area contributed by atoms with Crippen LogP contribution in [0.3, 0.4) is 0 Å². The van der Waals surface area contributed by atoms with Crippen LogP contribution in [-0.4, -0.2) is 75.3 Å². The summed E-state index contributed by atoms with van der Waals surface area (Å²) in [6.45, 7) is 0.984. The third-order valence-corrected chi connectivity index (χ3v) is 6.07. The normalized spacial score (nSPS) is 18.5. The number of nitrogens with one attached hydrogen (secondary N) is 1.